The zero-order valence-electron chi connectivity index (χ0n) is 29.2. The lowest BCUT2D eigenvalue weighted by Crippen LogP contribution is -2.00. The first-order valence-electron chi connectivity index (χ1n) is 18.4. The van der Waals surface area contributed by atoms with Gasteiger partial charge in [0.2, 0.25) is 0 Å². The maximum atomic E-state index is 5.08. The molecule has 0 spiro atoms. The molecule has 10 aromatic rings. The summed E-state index contributed by atoms with van der Waals surface area (Å²) < 4.78 is 0. The van der Waals surface area contributed by atoms with Gasteiger partial charge >= 0.3 is 0 Å². The highest BCUT2D eigenvalue weighted by atomic mass is 15.0. The van der Waals surface area contributed by atoms with Gasteiger partial charge in [0.15, 0.2) is 17.5 Å². The second-order valence-electron chi connectivity index (χ2n) is 13.9. The molecule has 0 unspecified atom stereocenters. The van der Waals surface area contributed by atoms with E-state index in [1.54, 1.807) is 0 Å². The van der Waals surface area contributed by atoms with Crippen molar-refractivity contribution in [3.63, 3.8) is 0 Å². The van der Waals surface area contributed by atoms with Gasteiger partial charge in [0.25, 0.3) is 0 Å². The quantitative estimate of drug-likeness (QED) is 0.181. The molecule has 0 saturated carbocycles. The fourth-order valence-electron chi connectivity index (χ4n) is 8.47. The highest BCUT2D eigenvalue weighted by Gasteiger charge is 2.23. The summed E-state index contributed by atoms with van der Waals surface area (Å²) in [4.78, 5) is 15.1. The van der Waals surface area contributed by atoms with Crippen molar-refractivity contribution in [2.45, 2.75) is 0 Å². The smallest absolute Gasteiger partial charge is 0.164 e. The Hall–Kier alpha value is -7.23. The highest BCUT2D eigenvalue weighted by Crippen LogP contribution is 2.50. The normalized spacial score (nSPS) is 11.7. The minimum Gasteiger partial charge on any atom is -0.208 e. The van der Waals surface area contributed by atoms with Crippen molar-refractivity contribution in [3.05, 3.63) is 188 Å². The molecule has 0 amide bonds. The molecule has 0 N–H and O–H groups in total. The number of aromatic nitrogens is 3. The molecule has 0 saturated heterocycles. The second-order valence-corrected chi connectivity index (χ2v) is 13.9. The lowest BCUT2D eigenvalue weighted by Gasteiger charge is -2.17. The predicted octanol–water partition coefficient (Wildman–Crippen LogP) is 13.3. The lowest BCUT2D eigenvalue weighted by molar-refractivity contribution is 1.08. The van der Waals surface area contributed by atoms with Crippen molar-refractivity contribution >= 4 is 32.3 Å². The average Bonchev–Trinajstić information content (AvgIpc) is 3.58. The van der Waals surface area contributed by atoms with E-state index >= 15 is 0 Å². The standard InChI is InChI=1S/C51H31N3/c1-3-14-32(15-4-1)49-52-50(33-16-5-2-6-17-33)54-51(53-49)47-31-29-41(36-20-9-12-23-39(36)47)40-26-27-42(35-19-8-7-18-34(35)40)43-28-30-46-38-22-11-10-21-37(38)44-24-13-25-45(43)48(44)46/h1-31H. The van der Waals surface area contributed by atoms with Crippen LogP contribution in [0.25, 0.3) is 111 Å². The largest absolute Gasteiger partial charge is 0.208 e. The van der Waals surface area contributed by atoms with Crippen molar-refractivity contribution in [2.24, 2.45) is 0 Å². The Morgan fingerprint density at radius 2 is 0.537 bits per heavy atom. The lowest BCUT2D eigenvalue weighted by atomic mass is 9.87. The van der Waals surface area contributed by atoms with Crippen molar-refractivity contribution in [1.29, 1.82) is 0 Å². The minimum atomic E-state index is 0.653. The predicted molar refractivity (Wildman–Crippen MR) is 224 cm³/mol. The summed E-state index contributed by atoms with van der Waals surface area (Å²) in [5, 5.41) is 7.33. The molecule has 0 bridgehead atoms. The second kappa shape index (κ2) is 12.2. The maximum Gasteiger partial charge on any atom is 0.164 e. The summed E-state index contributed by atoms with van der Waals surface area (Å²) in [6.45, 7) is 0. The van der Waals surface area contributed by atoms with E-state index in [-0.39, 0.29) is 0 Å². The van der Waals surface area contributed by atoms with Crippen molar-refractivity contribution < 1.29 is 0 Å². The van der Waals surface area contributed by atoms with Gasteiger partial charge in [-0.25, -0.2) is 15.0 Å². The van der Waals surface area contributed by atoms with Gasteiger partial charge in [0.1, 0.15) is 0 Å². The molecule has 250 valence electrons. The molecule has 3 nitrogen and oxygen atoms in total. The molecule has 0 atom stereocenters. The third-order valence-electron chi connectivity index (χ3n) is 10.9. The van der Waals surface area contributed by atoms with Crippen LogP contribution in [0.3, 0.4) is 0 Å². The first-order valence-corrected chi connectivity index (χ1v) is 18.4. The van der Waals surface area contributed by atoms with E-state index in [2.05, 4.69) is 127 Å². The van der Waals surface area contributed by atoms with Gasteiger partial charge in [-0.15, -0.1) is 0 Å². The molecule has 3 heteroatoms. The van der Waals surface area contributed by atoms with E-state index in [0.29, 0.717) is 17.5 Å². The summed E-state index contributed by atoms with van der Waals surface area (Å²) in [7, 11) is 0. The van der Waals surface area contributed by atoms with Crippen LogP contribution in [0, 0.1) is 0 Å². The van der Waals surface area contributed by atoms with Gasteiger partial charge in [0.05, 0.1) is 0 Å². The first kappa shape index (κ1) is 30.4. The summed E-state index contributed by atoms with van der Waals surface area (Å²) in [6.07, 6.45) is 0. The molecule has 54 heavy (non-hydrogen) atoms. The van der Waals surface area contributed by atoms with Gasteiger partial charge < -0.3 is 0 Å². The Bertz CT molecular complexity index is 3010. The Balaban J connectivity index is 1.09. The Kier molecular flexibility index (Phi) is 6.86. The van der Waals surface area contributed by atoms with Crippen LogP contribution in [-0.2, 0) is 0 Å². The van der Waals surface area contributed by atoms with E-state index in [9.17, 15) is 0 Å². The van der Waals surface area contributed by atoms with Crippen LogP contribution in [0.5, 0.6) is 0 Å². The van der Waals surface area contributed by atoms with Crippen LogP contribution < -0.4 is 0 Å². The summed E-state index contributed by atoms with van der Waals surface area (Å²) in [5.74, 6) is 1.96. The molecule has 1 aromatic heterocycles. The summed E-state index contributed by atoms with van der Waals surface area (Å²) in [5.41, 5.74) is 13.0. The fourth-order valence-corrected chi connectivity index (χ4v) is 8.47. The molecule has 0 fully saturated rings. The molecule has 11 rings (SSSR count). The van der Waals surface area contributed by atoms with Crippen LogP contribution in [0.1, 0.15) is 0 Å². The van der Waals surface area contributed by atoms with Crippen molar-refractivity contribution in [1.82, 2.24) is 15.0 Å². The Labute approximate surface area is 312 Å². The summed E-state index contributed by atoms with van der Waals surface area (Å²) >= 11 is 0. The van der Waals surface area contributed by atoms with Crippen molar-refractivity contribution in [3.8, 4) is 78.7 Å². The van der Waals surface area contributed by atoms with Gasteiger partial charge in [-0.2, -0.15) is 0 Å². The zero-order chi connectivity index (χ0) is 35.6. The summed E-state index contributed by atoms with van der Waals surface area (Å²) in [6, 6.07) is 66.9. The fraction of sp³-hybridized carbons (Fsp3) is 0. The SMILES string of the molecule is c1ccc(-c2nc(-c3ccccc3)nc(-c3ccc(-c4ccc(-c5ccc6c7c(cccc57)-c5ccccc5-6)c5ccccc45)c4ccccc34)n2)cc1. The van der Waals surface area contributed by atoms with Gasteiger partial charge in [-0.1, -0.05) is 182 Å². The number of benzene rings is 9. The molecule has 1 heterocycles. The zero-order valence-corrected chi connectivity index (χ0v) is 29.2. The third kappa shape index (κ3) is 4.72. The van der Waals surface area contributed by atoms with E-state index in [0.717, 1.165) is 27.5 Å². The number of nitrogens with zero attached hydrogens (tertiary/aromatic N) is 3. The van der Waals surface area contributed by atoms with E-state index < -0.39 is 0 Å². The minimum absolute atomic E-state index is 0.653. The van der Waals surface area contributed by atoms with Gasteiger partial charge in [0, 0.05) is 16.7 Å². The van der Waals surface area contributed by atoms with E-state index in [4.69, 9.17) is 15.0 Å². The van der Waals surface area contributed by atoms with Crippen LogP contribution in [0.4, 0.5) is 0 Å². The topological polar surface area (TPSA) is 38.7 Å². The molecule has 9 aromatic carbocycles. The molecule has 0 aliphatic heterocycles. The Morgan fingerprint density at radius 3 is 1.06 bits per heavy atom. The molecule has 1 aliphatic rings. The maximum absolute atomic E-state index is 5.08. The van der Waals surface area contributed by atoms with E-state index in [1.165, 1.54) is 66.1 Å². The molecule has 0 radical (unpaired) electrons. The number of rotatable bonds is 5. The number of fused-ring (bicyclic) bond motifs is 5. The molecule has 1 aliphatic carbocycles. The van der Waals surface area contributed by atoms with Gasteiger partial charge in [-0.3, -0.25) is 0 Å². The van der Waals surface area contributed by atoms with Crippen LogP contribution in [0.2, 0.25) is 0 Å². The van der Waals surface area contributed by atoms with Crippen LogP contribution >= 0.6 is 0 Å². The van der Waals surface area contributed by atoms with Gasteiger partial charge in [-0.05, 0) is 82.9 Å². The average molecular weight is 686 g/mol. The number of hydrogen-bond acceptors (Lipinski definition) is 3. The molecular weight excluding hydrogens is 655 g/mol. The van der Waals surface area contributed by atoms with Crippen molar-refractivity contribution in [2.75, 3.05) is 0 Å². The first-order chi connectivity index (χ1) is 26.8. The van der Waals surface area contributed by atoms with E-state index in [1.807, 2.05) is 60.7 Å². The van der Waals surface area contributed by atoms with Crippen LogP contribution in [0.15, 0.2) is 188 Å². The van der Waals surface area contributed by atoms with Crippen LogP contribution in [-0.4, -0.2) is 15.0 Å². The third-order valence-corrected chi connectivity index (χ3v) is 10.9. The highest BCUT2D eigenvalue weighted by molar-refractivity contribution is 6.21. The number of hydrogen-bond donors (Lipinski definition) is 0. The molecular formula is C51H31N3. The Morgan fingerprint density at radius 1 is 0.204 bits per heavy atom. The monoisotopic (exact) mass is 685 g/mol.